The van der Waals surface area contributed by atoms with E-state index in [-0.39, 0.29) is 0 Å². The summed E-state index contributed by atoms with van der Waals surface area (Å²) in [6.45, 7) is 0. The summed E-state index contributed by atoms with van der Waals surface area (Å²) < 4.78 is 0.739. The van der Waals surface area contributed by atoms with Crippen LogP contribution in [0.3, 0.4) is 0 Å². The van der Waals surface area contributed by atoms with Crippen LogP contribution in [0.25, 0.3) is 0 Å². The van der Waals surface area contributed by atoms with Crippen LogP contribution in [0.2, 0.25) is 20.1 Å². The summed E-state index contributed by atoms with van der Waals surface area (Å²) in [4.78, 5) is 0. The zero-order valence-electron chi connectivity index (χ0n) is 9.28. The molecule has 0 aliphatic carbocycles. The van der Waals surface area contributed by atoms with Crippen molar-refractivity contribution in [3.05, 3.63) is 54.9 Å². The van der Waals surface area contributed by atoms with Crippen molar-refractivity contribution in [3.63, 3.8) is 0 Å². The van der Waals surface area contributed by atoms with Crippen molar-refractivity contribution in [2.75, 3.05) is 10.9 Å². The fraction of sp³-hybridized carbons (Fsp3) is 0. The zero-order chi connectivity index (χ0) is 14.0. The lowest BCUT2D eigenvalue weighted by atomic mass is 10.3. The third-order valence-corrected chi connectivity index (χ3v) is 3.95. The molecule has 0 radical (unpaired) electrons. The van der Waals surface area contributed by atoms with Crippen LogP contribution < -0.4 is 10.9 Å². The van der Waals surface area contributed by atoms with Crippen molar-refractivity contribution in [1.82, 2.24) is 0 Å². The van der Waals surface area contributed by atoms with Gasteiger partial charge in [-0.05, 0) is 46.3 Å². The summed E-state index contributed by atoms with van der Waals surface area (Å²) in [6.07, 6.45) is 0. The van der Waals surface area contributed by atoms with Gasteiger partial charge in [0.15, 0.2) is 0 Å². The number of rotatable bonds is 3. The molecule has 0 unspecified atom stereocenters. The van der Waals surface area contributed by atoms with Gasteiger partial charge in [0.05, 0.1) is 21.4 Å². The summed E-state index contributed by atoms with van der Waals surface area (Å²) in [6, 6.07) is 8.51. The van der Waals surface area contributed by atoms with Crippen LogP contribution >= 0.6 is 62.3 Å². The molecule has 2 aromatic carbocycles. The molecule has 19 heavy (non-hydrogen) atoms. The maximum Gasteiger partial charge on any atom is 0.0869 e. The predicted octanol–water partition coefficient (Wildman–Crippen LogP) is 6.50. The largest absolute Gasteiger partial charge is 0.299 e. The van der Waals surface area contributed by atoms with E-state index in [0.717, 1.165) is 4.47 Å². The first-order valence-corrected chi connectivity index (χ1v) is 7.39. The Hall–Kier alpha value is -0.320. The Morgan fingerprint density at radius 3 is 2.11 bits per heavy atom. The second-order valence-electron chi connectivity index (χ2n) is 3.62. The normalized spacial score (nSPS) is 10.4. The number of nitrogens with one attached hydrogen (secondary N) is 2. The SMILES string of the molecule is Clc1ccc(NNc2c(Cl)cc(Cl)cc2Br)c(Cl)c1. The van der Waals surface area contributed by atoms with Crippen LogP contribution in [-0.2, 0) is 0 Å². The Bertz CT molecular complexity index is 596. The lowest BCUT2D eigenvalue weighted by Gasteiger charge is -2.14. The minimum absolute atomic E-state index is 0.483. The Labute approximate surface area is 139 Å². The lowest BCUT2D eigenvalue weighted by molar-refractivity contribution is 1.40. The molecule has 100 valence electrons. The summed E-state index contributed by atoms with van der Waals surface area (Å²) in [5.74, 6) is 0. The summed E-state index contributed by atoms with van der Waals surface area (Å²) >= 11 is 27.2. The van der Waals surface area contributed by atoms with E-state index in [9.17, 15) is 0 Å². The maximum atomic E-state index is 6.10. The monoisotopic (exact) mass is 398 g/mol. The van der Waals surface area contributed by atoms with Crippen molar-refractivity contribution in [2.24, 2.45) is 0 Å². The number of halogens is 5. The van der Waals surface area contributed by atoms with Crippen molar-refractivity contribution < 1.29 is 0 Å². The van der Waals surface area contributed by atoms with Gasteiger partial charge in [0.25, 0.3) is 0 Å². The van der Waals surface area contributed by atoms with Crippen LogP contribution in [0.4, 0.5) is 11.4 Å². The second-order valence-corrected chi connectivity index (χ2v) is 6.16. The minimum Gasteiger partial charge on any atom is -0.299 e. The zero-order valence-corrected chi connectivity index (χ0v) is 13.9. The van der Waals surface area contributed by atoms with Crippen molar-refractivity contribution >= 4 is 73.7 Å². The second kappa shape index (κ2) is 6.42. The fourth-order valence-electron chi connectivity index (χ4n) is 1.38. The van der Waals surface area contributed by atoms with Gasteiger partial charge in [-0.2, -0.15) is 0 Å². The fourth-order valence-corrected chi connectivity index (χ4v) is 3.18. The van der Waals surface area contributed by atoms with Gasteiger partial charge in [-0.3, -0.25) is 10.9 Å². The topological polar surface area (TPSA) is 24.1 Å². The number of anilines is 2. The Morgan fingerprint density at radius 1 is 0.789 bits per heavy atom. The van der Waals surface area contributed by atoms with Crippen molar-refractivity contribution in [3.8, 4) is 0 Å². The quantitative estimate of drug-likeness (QED) is 0.574. The molecule has 0 saturated carbocycles. The Balaban J connectivity index is 2.19. The smallest absolute Gasteiger partial charge is 0.0869 e. The molecule has 0 atom stereocenters. The highest BCUT2D eigenvalue weighted by atomic mass is 79.9. The molecule has 0 bridgehead atoms. The van der Waals surface area contributed by atoms with Gasteiger partial charge < -0.3 is 0 Å². The number of benzene rings is 2. The Kier molecular flexibility index (Phi) is 5.09. The van der Waals surface area contributed by atoms with Crippen molar-refractivity contribution in [1.29, 1.82) is 0 Å². The third-order valence-electron chi connectivity index (χ3n) is 2.26. The maximum absolute atomic E-state index is 6.10. The molecule has 0 spiro atoms. The van der Waals surface area contributed by atoms with E-state index in [1.54, 1.807) is 30.3 Å². The lowest BCUT2D eigenvalue weighted by Crippen LogP contribution is -2.10. The van der Waals surface area contributed by atoms with Gasteiger partial charge in [-0.15, -0.1) is 0 Å². The standard InChI is InChI=1S/C12H7BrCl4N2/c13-8-3-7(15)5-10(17)12(8)19-18-11-2-1-6(14)4-9(11)16/h1-5,18-19H. The molecule has 0 saturated heterocycles. The number of hydrogen-bond donors (Lipinski definition) is 2. The van der Waals surface area contributed by atoms with Crippen LogP contribution in [0.5, 0.6) is 0 Å². The van der Waals surface area contributed by atoms with E-state index < -0.39 is 0 Å². The van der Waals surface area contributed by atoms with E-state index >= 15 is 0 Å². The molecular formula is C12H7BrCl4N2. The molecule has 0 aliphatic rings. The number of hydrazine groups is 1. The molecule has 2 nitrogen and oxygen atoms in total. The van der Waals surface area contributed by atoms with Crippen molar-refractivity contribution in [2.45, 2.75) is 0 Å². The summed E-state index contributed by atoms with van der Waals surface area (Å²) in [7, 11) is 0. The predicted molar refractivity (Wildman–Crippen MR) is 87.9 cm³/mol. The van der Waals surface area contributed by atoms with Gasteiger partial charge in [-0.1, -0.05) is 46.4 Å². The molecule has 0 amide bonds. The first-order valence-electron chi connectivity index (χ1n) is 5.09. The van der Waals surface area contributed by atoms with E-state index in [2.05, 4.69) is 26.8 Å². The first kappa shape index (κ1) is 15.1. The molecule has 2 N–H and O–H groups in total. The average molecular weight is 401 g/mol. The van der Waals surface area contributed by atoms with Gasteiger partial charge in [0, 0.05) is 14.5 Å². The van der Waals surface area contributed by atoms with Crippen LogP contribution in [-0.4, -0.2) is 0 Å². The molecule has 2 aromatic rings. The van der Waals surface area contributed by atoms with Crippen LogP contribution in [0, 0.1) is 0 Å². The molecule has 0 fully saturated rings. The van der Waals surface area contributed by atoms with Crippen LogP contribution in [0.15, 0.2) is 34.8 Å². The van der Waals surface area contributed by atoms with Gasteiger partial charge >= 0.3 is 0 Å². The van der Waals surface area contributed by atoms with E-state index in [1.165, 1.54) is 0 Å². The highest BCUT2D eigenvalue weighted by Crippen LogP contribution is 2.34. The Morgan fingerprint density at radius 2 is 1.47 bits per heavy atom. The van der Waals surface area contributed by atoms with Gasteiger partial charge in [-0.25, -0.2) is 0 Å². The molecule has 2 rings (SSSR count). The molecule has 0 aliphatic heterocycles. The highest BCUT2D eigenvalue weighted by molar-refractivity contribution is 9.10. The average Bonchev–Trinajstić information content (AvgIpc) is 2.30. The third kappa shape index (κ3) is 3.83. The number of hydrogen-bond acceptors (Lipinski definition) is 2. The first-order chi connectivity index (χ1) is 8.97. The van der Waals surface area contributed by atoms with Crippen LogP contribution in [0.1, 0.15) is 0 Å². The summed E-state index contributed by atoms with van der Waals surface area (Å²) in [5.41, 5.74) is 7.28. The molecule has 0 aromatic heterocycles. The van der Waals surface area contributed by atoms with Gasteiger partial charge in [0.2, 0.25) is 0 Å². The highest BCUT2D eigenvalue weighted by Gasteiger charge is 2.08. The minimum atomic E-state index is 0.483. The van der Waals surface area contributed by atoms with E-state index in [4.69, 9.17) is 46.4 Å². The van der Waals surface area contributed by atoms with Gasteiger partial charge in [0.1, 0.15) is 0 Å². The molecule has 7 heteroatoms. The van der Waals surface area contributed by atoms with E-state index in [0.29, 0.717) is 31.5 Å². The molecule has 0 heterocycles. The summed E-state index contributed by atoms with van der Waals surface area (Å²) in [5, 5.41) is 2.10. The molecular weight excluding hydrogens is 394 g/mol. The van der Waals surface area contributed by atoms with E-state index in [1.807, 2.05) is 0 Å².